The van der Waals surface area contributed by atoms with Crippen LogP contribution in [0.2, 0.25) is 0 Å². The van der Waals surface area contributed by atoms with Gasteiger partial charge in [-0.25, -0.2) is 19.6 Å². The summed E-state index contributed by atoms with van der Waals surface area (Å²) in [7, 11) is 1.70. The van der Waals surface area contributed by atoms with E-state index in [1.807, 2.05) is 20.8 Å². The molecule has 10 fully saturated rings. The second-order valence-electron chi connectivity index (χ2n) is 16.1. The van der Waals surface area contributed by atoms with E-state index in [1.165, 1.54) is 6.42 Å². The van der Waals surface area contributed by atoms with E-state index in [-0.39, 0.29) is 72.4 Å². The van der Waals surface area contributed by atoms with E-state index in [0.717, 1.165) is 38.5 Å². The number of carbonyl (C=O) groups is 2. The minimum absolute atomic E-state index is 0. The van der Waals surface area contributed by atoms with Crippen LogP contribution in [0.4, 0.5) is 0 Å². The molecule has 0 radical (unpaired) electrons. The zero-order chi connectivity index (χ0) is 34.2. The maximum absolute atomic E-state index is 12.0. The Balaban J connectivity index is 0.000000171. The van der Waals surface area contributed by atoms with Crippen molar-refractivity contribution >= 4 is 11.9 Å². The molecule has 0 aromatic rings. The first-order chi connectivity index (χ1) is 22.7. The van der Waals surface area contributed by atoms with Crippen molar-refractivity contribution < 1.29 is 92.2 Å². The molecule has 2 aliphatic carbocycles. The van der Waals surface area contributed by atoms with Gasteiger partial charge in [-0.15, -0.1) is 0 Å². The molecule has 14 heteroatoms. The van der Waals surface area contributed by atoms with Crippen molar-refractivity contribution in [2.45, 2.75) is 154 Å². The zero-order valence-electron chi connectivity index (χ0n) is 30.3. The average molecular weight is 705 g/mol. The summed E-state index contributed by atoms with van der Waals surface area (Å²) < 4.78 is 35.7. The summed E-state index contributed by atoms with van der Waals surface area (Å²) in [6.07, 6.45) is 5.12. The van der Waals surface area contributed by atoms with Gasteiger partial charge in [0, 0.05) is 49.6 Å². The summed E-state index contributed by atoms with van der Waals surface area (Å²) in [4.78, 5) is 46.2. The standard InChI is InChI=1S/C19H28O8.C16H26O5.Na/c1-10-4-5-13-11(2)16(23-15(22)7-6-14(20)21)24-17-19(13)12(10)8-9-18(3,25-17)26-27-19;1-9-5-6-12-10(2)13(17-4)18-14-16(12)11(9)7-8-15(3,19-14)20-21-16;/h10-13,16-17H,4-9H2,1-3H3,(H,20,21);9-14H,5-8H2,1-4H3;/q;;+1/p-1/t10-,11-,12?,13+,16?,17-,18+,19-;9-,10-,11?,12+,13?,14-,15+,16-;/m11./s1. The van der Waals surface area contributed by atoms with Crippen LogP contribution in [0.15, 0.2) is 0 Å². The first-order valence-electron chi connectivity index (χ1n) is 18.1. The van der Waals surface area contributed by atoms with Gasteiger partial charge < -0.3 is 38.3 Å². The minimum atomic E-state index is -1.28. The Labute approximate surface area is 311 Å². The third-order valence-electron chi connectivity index (χ3n) is 13.2. The third kappa shape index (κ3) is 6.37. The second kappa shape index (κ2) is 14.1. The topological polar surface area (TPSA) is 150 Å². The molecular weight excluding hydrogens is 651 g/mol. The van der Waals surface area contributed by atoms with E-state index >= 15 is 0 Å². The molecule has 0 amide bonds. The van der Waals surface area contributed by atoms with Crippen LogP contribution in [0.1, 0.15) is 106 Å². The zero-order valence-corrected chi connectivity index (χ0v) is 32.3. The molecule has 10 aliphatic rings. The summed E-state index contributed by atoms with van der Waals surface area (Å²) in [6, 6.07) is 0. The molecule has 0 aromatic carbocycles. The van der Waals surface area contributed by atoms with Gasteiger partial charge in [-0.2, -0.15) is 0 Å². The largest absolute Gasteiger partial charge is 1.00 e. The Morgan fingerprint density at radius 3 is 1.61 bits per heavy atom. The van der Waals surface area contributed by atoms with Gasteiger partial charge >= 0.3 is 35.5 Å². The first kappa shape index (κ1) is 38.3. The third-order valence-corrected chi connectivity index (χ3v) is 13.2. The van der Waals surface area contributed by atoms with Crippen LogP contribution in [0, 0.1) is 47.3 Å². The van der Waals surface area contributed by atoms with Crippen LogP contribution in [-0.2, 0) is 57.6 Å². The van der Waals surface area contributed by atoms with Crippen molar-refractivity contribution in [3.63, 3.8) is 0 Å². The van der Waals surface area contributed by atoms with E-state index in [9.17, 15) is 14.7 Å². The summed E-state index contributed by atoms with van der Waals surface area (Å²) in [5, 5.41) is 10.6. The summed E-state index contributed by atoms with van der Waals surface area (Å²) in [6.45, 7) is 12.5. The van der Waals surface area contributed by atoms with E-state index < -0.39 is 53.6 Å². The normalized spacial score (nSPS) is 52.1. The number of carboxylic acid groups (broad SMARTS) is 1. The molecule has 16 atom stereocenters. The fourth-order valence-electron chi connectivity index (χ4n) is 10.5. The number of carbonyl (C=O) groups excluding carboxylic acids is 2. The number of fused-ring (bicyclic) bond motifs is 4. The van der Waals surface area contributed by atoms with Gasteiger partial charge in [0.05, 0.1) is 6.42 Å². The molecule has 8 saturated heterocycles. The number of hydrogen-bond donors (Lipinski definition) is 0. The van der Waals surface area contributed by atoms with Crippen molar-refractivity contribution in [2.75, 3.05) is 7.11 Å². The Kier molecular flexibility index (Phi) is 11.0. The maximum atomic E-state index is 12.0. The van der Waals surface area contributed by atoms with E-state index in [2.05, 4.69) is 20.8 Å². The summed E-state index contributed by atoms with van der Waals surface area (Å²) in [5.41, 5.74) is -1.18. The van der Waals surface area contributed by atoms with Crippen LogP contribution < -0.4 is 34.7 Å². The molecule has 8 aliphatic heterocycles. The number of rotatable bonds is 5. The van der Waals surface area contributed by atoms with E-state index in [1.54, 1.807) is 7.11 Å². The monoisotopic (exact) mass is 704 g/mol. The minimum Gasteiger partial charge on any atom is -0.550 e. The average Bonchev–Trinajstić information content (AvgIpc) is 3.42. The van der Waals surface area contributed by atoms with Crippen molar-refractivity contribution in [1.29, 1.82) is 0 Å². The smallest absolute Gasteiger partial charge is 0.550 e. The molecule has 0 N–H and O–H groups in total. The van der Waals surface area contributed by atoms with Crippen molar-refractivity contribution in [3.8, 4) is 0 Å². The van der Waals surface area contributed by atoms with Crippen LogP contribution in [0.3, 0.4) is 0 Å². The Hall–Kier alpha value is -0.420. The summed E-state index contributed by atoms with van der Waals surface area (Å²) in [5.74, 6) is -1.21. The molecule has 13 nitrogen and oxygen atoms in total. The van der Waals surface area contributed by atoms with E-state index in [4.69, 9.17) is 48.0 Å². The first-order valence-corrected chi connectivity index (χ1v) is 18.1. The Morgan fingerprint density at radius 1 is 0.673 bits per heavy atom. The van der Waals surface area contributed by atoms with Gasteiger partial charge in [-0.05, 0) is 82.5 Å². The molecule has 272 valence electrons. The quantitative estimate of drug-likeness (QED) is 0.229. The fourth-order valence-corrected chi connectivity index (χ4v) is 10.5. The number of hydrogen-bond acceptors (Lipinski definition) is 13. The summed E-state index contributed by atoms with van der Waals surface area (Å²) >= 11 is 0. The van der Waals surface area contributed by atoms with Gasteiger partial charge in [0.25, 0.3) is 0 Å². The molecule has 2 spiro atoms. The van der Waals surface area contributed by atoms with Gasteiger partial charge in [0.1, 0.15) is 0 Å². The molecule has 0 aromatic heterocycles. The molecule has 4 unspecified atom stereocenters. The SMILES string of the molecule is COC1O[C@@H]2O[C@]3(C)CCC4[C@H](C)CC[C@@H]([C@H]1C)[C@]42OO3.C[C@@H]1CC[C@H]2[C@@H](C)C(OC(=O)CCC(=O)[O-])O[C@@H]3O[C@]4(C)CCC1[C@]32OO4.[Na+]. The molecule has 4 bridgehead atoms. The van der Waals surface area contributed by atoms with Gasteiger partial charge in [-0.3, -0.25) is 4.79 Å². The van der Waals surface area contributed by atoms with Crippen LogP contribution in [0.25, 0.3) is 0 Å². The number of esters is 1. The maximum Gasteiger partial charge on any atom is 1.00 e. The van der Waals surface area contributed by atoms with Crippen LogP contribution in [0.5, 0.6) is 0 Å². The predicted molar refractivity (Wildman–Crippen MR) is 161 cm³/mol. The molecule has 49 heavy (non-hydrogen) atoms. The number of aliphatic carboxylic acids is 1. The number of carboxylic acids is 1. The van der Waals surface area contributed by atoms with Crippen LogP contribution in [-0.4, -0.2) is 67.0 Å². The second-order valence-corrected chi connectivity index (χ2v) is 16.1. The van der Waals surface area contributed by atoms with Crippen LogP contribution >= 0.6 is 0 Å². The number of ether oxygens (including phenoxy) is 6. The van der Waals surface area contributed by atoms with Gasteiger partial charge in [0.2, 0.25) is 17.9 Å². The molecular formula is C35H53NaO13. The van der Waals surface area contributed by atoms with Gasteiger partial charge in [0.15, 0.2) is 30.1 Å². The van der Waals surface area contributed by atoms with E-state index in [0.29, 0.717) is 30.1 Å². The van der Waals surface area contributed by atoms with Crippen molar-refractivity contribution in [1.82, 2.24) is 0 Å². The Morgan fingerprint density at radius 2 is 1.14 bits per heavy atom. The Bertz CT molecular complexity index is 1240. The predicted octanol–water partition coefficient (Wildman–Crippen LogP) is 1.11. The van der Waals surface area contributed by atoms with Crippen molar-refractivity contribution in [3.05, 3.63) is 0 Å². The molecule has 2 saturated carbocycles. The molecule has 8 heterocycles. The van der Waals surface area contributed by atoms with Crippen molar-refractivity contribution in [2.24, 2.45) is 47.3 Å². The molecule has 10 rings (SSSR count). The fraction of sp³-hybridized carbons (Fsp3) is 0.943. The number of methoxy groups -OCH3 is 1. The van der Waals surface area contributed by atoms with Gasteiger partial charge in [-0.1, -0.05) is 27.7 Å².